The fourth-order valence-corrected chi connectivity index (χ4v) is 3.39. The van der Waals surface area contributed by atoms with Crippen LogP contribution in [0.2, 0.25) is 0 Å². The molecule has 0 fully saturated rings. The molecule has 3 N–H and O–H groups in total. The third-order valence-corrected chi connectivity index (χ3v) is 5.36. The quantitative estimate of drug-likeness (QED) is 0.477. The van der Waals surface area contributed by atoms with Crippen molar-refractivity contribution < 1.29 is 17.9 Å². The van der Waals surface area contributed by atoms with Gasteiger partial charge in [-0.2, -0.15) is 4.98 Å². The highest BCUT2D eigenvalue weighted by Gasteiger charge is 2.12. The predicted molar refractivity (Wildman–Crippen MR) is 124 cm³/mol. The second-order valence-corrected chi connectivity index (χ2v) is 8.95. The molecule has 3 aromatic rings. The minimum absolute atomic E-state index is 0.245. The van der Waals surface area contributed by atoms with E-state index in [0.29, 0.717) is 36.2 Å². The van der Waals surface area contributed by atoms with Gasteiger partial charge in [-0.1, -0.05) is 12.1 Å². The Kier molecular flexibility index (Phi) is 7.62. The van der Waals surface area contributed by atoms with Gasteiger partial charge in [0.1, 0.15) is 11.5 Å². The second-order valence-electron chi connectivity index (χ2n) is 7.12. The molecular formula is C22H27N5O4S. The molecule has 10 heteroatoms. The van der Waals surface area contributed by atoms with Gasteiger partial charge in [0.25, 0.3) is 0 Å². The van der Waals surface area contributed by atoms with E-state index in [9.17, 15) is 8.42 Å². The summed E-state index contributed by atoms with van der Waals surface area (Å²) in [6.07, 6.45) is 1.72. The van der Waals surface area contributed by atoms with Crippen LogP contribution in [0.15, 0.2) is 54.6 Å². The van der Waals surface area contributed by atoms with Gasteiger partial charge in [-0.15, -0.1) is 0 Å². The highest BCUT2D eigenvalue weighted by atomic mass is 32.2. The van der Waals surface area contributed by atoms with E-state index in [0.717, 1.165) is 23.3 Å². The van der Waals surface area contributed by atoms with Gasteiger partial charge in [0.2, 0.25) is 21.9 Å². The van der Waals surface area contributed by atoms with Gasteiger partial charge in [-0.25, -0.2) is 18.1 Å². The molecular weight excluding hydrogens is 430 g/mol. The Morgan fingerprint density at radius 3 is 2.28 bits per heavy atom. The van der Waals surface area contributed by atoms with Gasteiger partial charge in [0.15, 0.2) is 0 Å². The molecule has 0 radical (unpaired) electrons. The van der Waals surface area contributed by atoms with E-state index in [1.54, 1.807) is 13.2 Å². The Balaban J connectivity index is 1.73. The predicted octanol–water partition coefficient (Wildman–Crippen LogP) is 2.60. The van der Waals surface area contributed by atoms with Crippen LogP contribution in [-0.4, -0.2) is 45.3 Å². The Labute approximate surface area is 188 Å². The number of nitrogens with zero attached hydrogens (tertiary/aromatic N) is 3. The summed E-state index contributed by atoms with van der Waals surface area (Å²) in [5.74, 6) is 2.20. The number of benzene rings is 2. The maximum Gasteiger partial charge on any atom is 0.233 e. The van der Waals surface area contributed by atoms with Crippen molar-refractivity contribution in [3.05, 3.63) is 65.9 Å². The number of anilines is 2. The highest BCUT2D eigenvalue weighted by molar-refractivity contribution is 7.88. The fourth-order valence-electron chi connectivity index (χ4n) is 2.91. The number of ether oxygens (including phenoxy) is 2. The van der Waals surface area contributed by atoms with Crippen LogP contribution >= 0.6 is 0 Å². The molecule has 3 rings (SSSR count). The van der Waals surface area contributed by atoms with Crippen molar-refractivity contribution in [2.24, 2.45) is 5.73 Å². The summed E-state index contributed by atoms with van der Waals surface area (Å²) >= 11 is 0. The Morgan fingerprint density at radius 1 is 1.03 bits per heavy atom. The Hall–Kier alpha value is -3.21. The van der Waals surface area contributed by atoms with Crippen LogP contribution in [0.1, 0.15) is 11.3 Å². The third kappa shape index (κ3) is 6.64. The molecule has 0 spiro atoms. The van der Waals surface area contributed by atoms with Gasteiger partial charge in [-0.05, 0) is 48.4 Å². The lowest BCUT2D eigenvalue weighted by molar-refractivity contribution is 0.415. The first kappa shape index (κ1) is 23.5. The molecule has 0 aliphatic rings. The summed E-state index contributed by atoms with van der Waals surface area (Å²) in [6, 6.07) is 16.6. The van der Waals surface area contributed by atoms with E-state index in [1.165, 1.54) is 0 Å². The zero-order valence-electron chi connectivity index (χ0n) is 18.3. The number of nitrogens with one attached hydrogen (secondary N) is 1. The zero-order valence-corrected chi connectivity index (χ0v) is 19.1. The molecule has 0 aliphatic heterocycles. The molecule has 0 bridgehead atoms. The largest absolute Gasteiger partial charge is 0.497 e. The number of rotatable bonds is 10. The van der Waals surface area contributed by atoms with Crippen molar-refractivity contribution in [3.63, 3.8) is 0 Å². The second kappa shape index (κ2) is 10.4. The third-order valence-electron chi connectivity index (χ3n) is 4.64. The summed E-state index contributed by atoms with van der Waals surface area (Å²) < 4.78 is 35.9. The van der Waals surface area contributed by atoms with Gasteiger partial charge in [-0.3, -0.25) is 0 Å². The first-order valence-electron chi connectivity index (χ1n) is 9.94. The Morgan fingerprint density at radius 2 is 1.69 bits per heavy atom. The van der Waals surface area contributed by atoms with Crippen LogP contribution < -0.4 is 24.8 Å². The summed E-state index contributed by atoms with van der Waals surface area (Å²) in [7, 11) is 0.288. The summed E-state index contributed by atoms with van der Waals surface area (Å²) in [5.41, 5.74) is 8.34. The molecule has 32 heavy (non-hydrogen) atoms. The number of sulfonamides is 1. The number of hydrogen-bond donors (Lipinski definition) is 2. The average molecular weight is 458 g/mol. The average Bonchev–Trinajstić information content (AvgIpc) is 2.78. The number of aromatic nitrogens is 2. The summed E-state index contributed by atoms with van der Waals surface area (Å²) in [4.78, 5) is 10.9. The van der Waals surface area contributed by atoms with Crippen molar-refractivity contribution in [1.29, 1.82) is 0 Å². The number of hydrogen-bond acceptors (Lipinski definition) is 8. The minimum Gasteiger partial charge on any atom is -0.497 e. The van der Waals surface area contributed by atoms with E-state index in [1.807, 2.05) is 60.5 Å². The summed E-state index contributed by atoms with van der Waals surface area (Å²) in [6.45, 7) is 0.584. The van der Waals surface area contributed by atoms with E-state index in [4.69, 9.17) is 15.2 Å². The molecule has 2 aromatic carbocycles. The minimum atomic E-state index is -3.19. The lowest BCUT2D eigenvalue weighted by atomic mass is 10.1. The molecule has 0 aliphatic carbocycles. The summed E-state index contributed by atoms with van der Waals surface area (Å²) in [5, 5.41) is 0. The van der Waals surface area contributed by atoms with Crippen molar-refractivity contribution in [2.75, 3.05) is 31.9 Å². The molecule has 0 atom stereocenters. The molecule has 9 nitrogen and oxygen atoms in total. The maximum absolute atomic E-state index is 11.2. The normalized spacial score (nSPS) is 11.2. The molecule has 0 amide bonds. The highest BCUT2D eigenvalue weighted by Crippen LogP contribution is 2.27. The molecule has 1 aromatic heterocycles. The van der Waals surface area contributed by atoms with Crippen molar-refractivity contribution in [1.82, 2.24) is 14.7 Å². The monoisotopic (exact) mass is 457 g/mol. The fraction of sp³-hybridized carbons (Fsp3) is 0.273. The maximum atomic E-state index is 11.2. The standard InChI is InChI=1S/C22H27N5O4S/c1-27(18-6-10-19(30-2)11-7-18)22-25-17(15-23)14-21(26-22)31-20-8-4-16(5-9-20)12-13-24-32(3,28)29/h4-11,14,24H,12-13,15,23H2,1-3H3. The Bertz CT molecular complexity index is 1140. The van der Waals surface area contributed by atoms with Crippen LogP contribution in [0, 0.1) is 0 Å². The number of nitrogens with two attached hydrogens (primary N) is 1. The van der Waals surface area contributed by atoms with Gasteiger partial charge in [0, 0.05) is 31.9 Å². The first-order chi connectivity index (χ1) is 15.3. The van der Waals surface area contributed by atoms with Crippen LogP contribution in [0.5, 0.6) is 17.4 Å². The number of methoxy groups -OCH3 is 1. The van der Waals surface area contributed by atoms with Crippen molar-refractivity contribution in [3.8, 4) is 17.4 Å². The topological polar surface area (TPSA) is 120 Å². The SMILES string of the molecule is COc1ccc(N(C)c2nc(CN)cc(Oc3ccc(CCNS(C)(=O)=O)cc3)n2)cc1. The van der Waals surface area contributed by atoms with E-state index in [2.05, 4.69) is 14.7 Å². The first-order valence-corrected chi connectivity index (χ1v) is 11.8. The van der Waals surface area contributed by atoms with Crippen LogP contribution in [0.25, 0.3) is 0 Å². The van der Waals surface area contributed by atoms with Crippen LogP contribution in [0.3, 0.4) is 0 Å². The van der Waals surface area contributed by atoms with Crippen molar-refractivity contribution in [2.45, 2.75) is 13.0 Å². The molecule has 0 saturated heterocycles. The lowest BCUT2D eigenvalue weighted by Crippen LogP contribution is -2.24. The smallest absolute Gasteiger partial charge is 0.233 e. The van der Waals surface area contributed by atoms with Crippen LogP contribution in [-0.2, 0) is 23.0 Å². The molecule has 1 heterocycles. The van der Waals surface area contributed by atoms with Gasteiger partial charge >= 0.3 is 0 Å². The van der Waals surface area contributed by atoms with E-state index < -0.39 is 10.0 Å². The van der Waals surface area contributed by atoms with Gasteiger partial charge < -0.3 is 20.1 Å². The van der Waals surface area contributed by atoms with Crippen LogP contribution in [0.4, 0.5) is 11.6 Å². The van der Waals surface area contributed by atoms with E-state index >= 15 is 0 Å². The van der Waals surface area contributed by atoms with E-state index in [-0.39, 0.29) is 6.54 Å². The molecule has 170 valence electrons. The van der Waals surface area contributed by atoms with Gasteiger partial charge in [0.05, 0.1) is 19.1 Å². The molecule has 0 unspecified atom stereocenters. The lowest BCUT2D eigenvalue weighted by Gasteiger charge is -2.19. The van der Waals surface area contributed by atoms with Crippen molar-refractivity contribution >= 4 is 21.7 Å². The zero-order chi connectivity index (χ0) is 23.1. The molecule has 0 saturated carbocycles.